The number of hydrogen-bond acceptors (Lipinski definition) is 4. The van der Waals surface area contributed by atoms with Gasteiger partial charge in [-0.25, -0.2) is 0 Å². The summed E-state index contributed by atoms with van der Waals surface area (Å²) < 4.78 is 0.842. The van der Waals surface area contributed by atoms with Gasteiger partial charge in [0.15, 0.2) is 0 Å². The minimum Gasteiger partial charge on any atom is -0.336 e. The van der Waals surface area contributed by atoms with Crippen molar-refractivity contribution in [1.82, 2.24) is 14.8 Å². The van der Waals surface area contributed by atoms with Crippen molar-refractivity contribution in [2.45, 2.75) is 13.8 Å². The summed E-state index contributed by atoms with van der Waals surface area (Å²) in [5.74, 6) is 0.716. The largest absolute Gasteiger partial charge is 0.336 e. The third-order valence-corrected chi connectivity index (χ3v) is 4.80. The fraction of sp³-hybridized carbons (Fsp3) is 0.500. The molecule has 0 bridgehead atoms. The molecule has 1 amide bonds. The molecule has 0 spiro atoms. The molecule has 1 saturated heterocycles. The summed E-state index contributed by atoms with van der Waals surface area (Å²) in [6, 6.07) is 5.43. The molecule has 1 aromatic heterocycles. The number of amides is 1. The van der Waals surface area contributed by atoms with Gasteiger partial charge in [0.25, 0.3) is 5.91 Å². The molecule has 0 aliphatic carbocycles. The highest BCUT2D eigenvalue weighted by Crippen LogP contribution is 2.18. The van der Waals surface area contributed by atoms with Crippen molar-refractivity contribution >= 4 is 27.5 Å². The van der Waals surface area contributed by atoms with E-state index in [2.05, 4.69) is 23.7 Å². The maximum absolute atomic E-state index is 12.6. The lowest BCUT2D eigenvalue weighted by Crippen LogP contribution is -2.49. The Kier molecular flexibility index (Phi) is 4.31. The summed E-state index contributed by atoms with van der Waals surface area (Å²) in [6.45, 7) is 8.93. The van der Waals surface area contributed by atoms with Crippen LogP contribution in [0.25, 0.3) is 10.2 Å². The Morgan fingerprint density at radius 2 is 2.00 bits per heavy atom. The van der Waals surface area contributed by atoms with Gasteiger partial charge in [-0.05, 0) is 24.1 Å². The molecule has 1 aliphatic rings. The van der Waals surface area contributed by atoms with Crippen molar-refractivity contribution in [3.05, 3.63) is 33.4 Å². The lowest BCUT2D eigenvalue weighted by Gasteiger charge is -2.35. The molecule has 3 rings (SSSR count). The fourth-order valence-corrected chi connectivity index (χ4v) is 3.69. The minimum absolute atomic E-state index is 0.0620. The molecule has 1 aromatic carbocycles. The predicted molar refractivity (Wildman–Crippen MR) is 89.6 cm³/mol. The highest BCUT2D eigenvalue weighted by molar-refractivity contribution is 7.16. The summed E-state index contributed by atoms with van der Waals surface area (Å²) in [4.78, 5) is 31.0. The van der Waals surface area contributed by atoms with Gasteiger partial charge in [-0.1, -0.05) is 25.2 Å². The van der Waals surface area contributed by atoms with Gasteiger partial charge in [0, 0.05) is 38.3 Å². The number of rotatable bonds is 3. The topological polar surface area (TPSA) is 56.4 Å². The summed E-state index contributed by atoms with van der Waals surface area (Å²) in [7, 11) is 0. The quantitative estimate of drug-likeness (QED) is 0.941. The first-order valence-electron chi connectivity index (χ1n) is 7.67. The van der Waals surface area contributed by atoms with E-state index in [9.17, 15) is 9.59 Å². The van der Waals surface area contributed by atoms with Gasteiger partial charge in [0.05, 0.1) is 10.2 Å². The van der Waals surface area contributed by atoms with E-state index in [0.717, 1.165) is 54.3 Å². The van der Waals surface area contributed by atoms with Gasteiger partial charge in [0.1, 0.15) is 0 Å². The number of H-pyrrole nitrogens is 1. The van der Waals surface area contributed by atoms with Crippen LogP contribution in [0.1, 0.15) is 24.2 Å². The van der Waals surface area contributed by atoms with Gasteiger partial charge < -0.3 is 9.88 Å². The number of hydrogen-bond donors (Lipinski definition) is 1. The average molecular weight is 319 g/mol. The number of piperazine rings is 1. The van der Waals surface area contributed by atoms with Crippen LogP contribution in [0.4, 0.5) is 0 Å². The van der Waals surface area contributed by atoms with E-state index in [1.807, 2.05) is 17.0 Å². The van der Waals surface area contributed by atoms with Crippen molar-refractivity contribution in [3.63, 3.8) is 0 Å². The molecule has 1 N–H and O–H groups in total. The van der Waals surface area contributed by atoms with E-state index in [-0.39, 0.29) is 10.8 Å². The molecule has 1 aliphatic heterocycles. The Labute approximate surface area is 133 Å². The van der Waals surface area contributed by atoms with Crippen LogP contribution >= 0.6 is 11.3 Å². The first-order chi connectivity index (χ1) is 10.5. The monoisotopic (exact) mass is 319 g/mol. The maximum atomic E-state index is 12.6. The van der Waals surface area contributed by atoms with Crippen LogP contribution in [0, 0.1) is 5.92 Å². The molecule has 6 heteroatoms. The van der Waals surface area contributed by atoms with Crippen LogP contribution in [0.2, 0.25) is 0 Å². The fourth-order valence-electron chi connectivity index (χ4n) is 2.91. The first-order valence-corrected chi connectivity index (χ1v) is 8.49. The molecule has 2 aromatic rings. The van der Waals surface area contributed by atoms with Gasteiger partial charge >= 0.3 is 4.87 Å². The Morgan fingerprint density at radius 1 is 1.27 bits per heavy atom. The van der Waals surface area contributed by atoms with Crippen LogP contribution < -0.4 is 4.87 Å². The highest BCUT2D eigenvalue weighted by Gasteiger charge is 2.22. The van der Waals surface area contributed by atoms with Crippen LogP contribution in [0.5, 0.6) is 0 Å². The summed E-state index contributed by atoms with van der Waals surface area (Å²) in [6.07, 6.45) is 0. The Balaban J connectivity index is 1.69. The van der Waals surface area contributed by atoms with Crippen molar-refractivity contribution in [2.24, 2.45) is 5.92 Å². The number of aromatic nitrogens is 1. The Hall–Kier alpha value is -1.66. The summed E-state index contributed by atoms with van der Waals surface area (Å²) in [5.41, 5.74) is 1.47. The highest BCUT2D eigenvalue weighted by atomic mass is 32.1. The normalized spacial score (nSPS) is 16.6. The molecule has 0 unspecified atom stereocenters. The van der Waals surface area contributed by atoms with E-state index in [1.54, 1.807) is 6.07 Å². The van der Waals surface area contributed by atoms with Crippen LogP contribution in [0.3, 0.4) is 0 Å². The molecule has 0 atom stereocenters. The van der Waals surface area contributed by atoms with Crippen LogP contribution in [0.15, 0.2) is 23.0 Å². The molecule has 5 nitrogen and oxygen atoms in total. The van der Waals surface area contributed by atoms with Gasteiger partial charge in [0.2, 0.25) is 0 Å². The Bertz CT molecular complexity index is 726. The number of nitrogens with one attached hydrogen (secondary N) is 1. The first kappa shape index (κ1) is 15.2. The molecule has 118 valence electrons. The average Bonchev–Trinajstić information content (AvgIpc) is 2.85. The molecule has 1 fully saturated rings. The number of carbonyl (C=O) groups excluding carboxylic acids is 1. The van der Waals surface area contributed by atoms with Gasteiger partial charge in [-0.3, -0.25) is 14.5 Å². The van der Waals surface area contributed by atoms with E-state index < -0.39 is 0 Å². The zero-order valence-corrected chi connectivity index (χ0v) is 13.8. The lowest BCUT2D eigenvalue weighted by molar-refractivity contribution is 0.0624. The van der Waals surface area contributed by atoms with Crippen molar-refractivity contribution < 1.29 is 4.79 Å². The second-order valence-electron chi connectivity index (χ2n) is 6.21. The van der Waals surface area contributed by atoms with Crippen molar-refractivity contribution in [3.8, 4) is 0 Å². The molecule has 0 saturated carbocycles. The molecule has 2 heterocycles. The third-order valence-electron chi connectivity index (χ3n) is 3.95. The van der Waals surface area contributed by atoms with E-state index in [4.69, 9.17) is 0 Å². The summed E-state index contributed by atoms with van der Waals surface area (Å²) >= 11 is 1.15. The van der Waals surface area contributed by atoms with Gasteiger partial charge in [-0.2, -0.15) is 0 Å². The zero-order chi connectivity index (χ0) is 15.7. The third kappa shape index (κ3) is 3.23. The predicted octanol–water partition coefficient (Wildman–Crippen LogP) is 2.00. The number of aromatic amines is 1. The second-order valence-corrected chi connectivity index (χ2v) is 7.23. The number of thiazole rings is 1. The SMILES string of the molecule is CC(C)CN1CCN(C(=O)c2ccc3[nH]c(=O)sc3c2)CC1. The molecule has 0 radical (unpaired) electrons. The smallest absolute Gasteiger partial charge is 0.305 e. The summed E-state index contributed by atoms with van der Waals surface area (Å²) in [5, 5.41) is 0. The second kappa shape index (κ2) is 6.22. The van der Waals surface area contributed by atoms with E-state index in [1.165, 1.54) is 0 Å². The maximum Gasteiger partial charge on any atom is 0.305 e. The van der Waals surface area contributed by atoms with Gasteiger partial charge in [-0.15, -0.1) is 0 Å². The number of benzene rings is 1. The van der Waals surface area contributed by atoms with Crippen molar-refractivity contribution in [2.75, 3.05) is 32.7 Å². The number of fused-ring (bicyclic) bond motifs is 1. The van der Waals surface area contributed by atoms with Crippen molar-refractivity contribution in [1.29, 1.82) is 0 Å². The molecular formula is C16H21N3O2S. The van der Waals surface area contributed by atoms with E-state index >= 15 is 0 Å². The van der Waals surface area contributed by atoms with Crippen LogP contribution in [-0.2, 0) is 0 Å². The zero-order valence-electron chi connectivity index (χ0n) is 13.0. The minimum atomic E-state index is -0.0816. The number of carbonyl (C=O) groups is 1. The molecule has 22 heavy (non-hydrogen) atoms. The van der Waals surface area contributed by atoms with Crippen LogP contribution in [-0.4, -0.2) is 53.4 Å². The standard InChI is InChI=1S/C16H21N3O2S/c1-11(2)10-18-5-7-19(8-6-18)15(20)12-3-4-13-14(9-12)22-16(21)17-13/h3-4,9,11H,5-8,10H2,1-2H3,(H,17,21). The number of nitrogens with zero attached hydrogens (tertiary/aromatic N) is 2. The Morgan fingerprint density at radius 3 is 2.68 bits per heavy atom. The lowest BCUT2D eigenvalue weighted by atomic mass is 10.1. The molecular weight excluding hydrogens is 298 g/mol. The van der Waals surface area contributed by atoms with E-state index in [0.29, 0.717) is 11.5 Å².